The minimum Gasteiger partial charge on any atom is -0.409 e. The maximum Gasteiger partial charge on any atom is 0.143 e. The summed E-state index contributed by atoms with van der Waals surface area (Å²) in [6.07, 6.45) is 0. The van der Waals surface area contributed by atoms with E-state index in [0.29, 0.717) is 23.1 Å². The first-order valence-electron chi connectivity index (χ1n) is 5.54. The van der Waals surface area contributed by atoms with Crippen LogP contribution in [0.1, 0.15) is 12.5 Å². The highest BCUT2D eigenvalue weighted by Crippen LogP contribution is 2.26. The molecule has 18 heavy (non-hydrogen) atoms. The Balaban J connectivity index is 2.65. The molecule has 0 aliphatic heterocycles. The summed E-state index contributed by atoms with van der Waals surface area (Å²) in [4.78, 5) is 2.04. The summed E-state index contributed by atoms with van der Waals surface area (Å²) in [5.74, 6) is 0.192. The van der Waals surface area contributed by atoms with Crippen LogP contribution in [0, 0.1) is 5.92 Å². The van der Waals surface area contributed by atoms with Crippen molar-refractivity contribution < 1.29 is 5.21 Å². The van der Waals surface area contributed by atoms with Gasteiger partial charge in [0.2, 0.25) is 0 Å². The molecule has 0 spiro atoms. The molecule has 3 N–H and O–H groups in total. The van der Waals surface area contributed by atoms with Gasteiger partial charge in [-0.25, -0.2) is 0 Å². The highest BCUT2D eigenvalue weighted by molar-refractivity contribution is 6.42. The fourth-order valence-corrected chi connectivity index (χ4v) is 2.07. The van der Waals surface area contributed by atoms with Crippen molar-refractivity contribution in [2.75, 3.05) is 13.6 Å². The normalized spacial score (nSPS) is 13.9. The van der Waals surface area contributed by atoms with Gasteiger partial charge in [-0.05, 0) is 18.7 Å². The first-order valence-corrected chi connectivity index (χ1v) is 6.30. The van der Waals surface area contributed by atoms with Gasteiger partial charge in [0.1, 0.15) is 5.84 Å². The fraction of sp³-hybridized carbons (Fsp3) is 0.417. The Morgan fingerprint density at radius 1 is 1.50 bits per heavy atom. The standard InChI is InChI=1S/C12H17Cl2N3O/c1-8(12(15)16-18)6-17(2)7-9-4-3-5-10(13)11(9)14/h3-5,8,18H,6-7H2,1-2H3,(H2,15,16). The van der Waals surface area contributed by atoms with E-state index in [2.05, 4.69) is 5.16 Å². The van der Waals surface area contributed by atoms with Crippen molar-refractivity contribution >= 4 is 29.0 Å². The third-order valence-electron chi connectivity index (χ3n) is 2.68. The van der Waals surface area contributed by atoms with Crippen LogP contribution in [0.2, 0.25) is 10.0 Å². The topological polar surface area (TPSA) is 61.8 Å². The van der Waals surface area contributed by atoms with Crippen molar-refractivity contribution in [2.45, 2.75) is 13.5 Å². The summed E-state index contributed by atoms with van der Waals surface area (Å²) in [5, 5.41) is 12.7. The molecule has 0 aromatic heterocycles. The first kappa shape index (κ1) is 15.1. The molecule has 0 radical (unpaired) electrons. The largest absolute Gasteiger partial charge is 0.409 e. The second kappa shape index (κ2) is 6.83. The molecule has 1 aromatic carbocycles. The molecule has 0 saturated heterocycles. The van der Waals surface area contributed by atoms with Crippen LogP contribution in [0.3, 0.4) is 0 Å². The highest BCUT2D eigenvalue weighted by atomic mass is 35.5. The van der Waals surface area contributed by atoms with Crippen molar-refractivity contribution in [1.82, 2.24) is 4.90 Å². The maximum absolute atomic E-state index is 8.59. The smallest absolute Gasteiger partial charge is 0.143 e. The fourth-order valence-electron chi connectivity index (χ4n) is 1.69. The van der Waals surface area contributed by atoms with Crippen molar-refractivity contribution in [3.63, 3.8) is 0 Å². The Morgan fingerprint density at radius 3 is 2.78 bits per heavy atom. The van der Waals surface area contributed by atoms with Gasteiger partial charge in [0.25, 0.3) is 0 Å². The lowest BCUT2D eigenvalue weighted by Gasteiger charge is -2.21. The average Bonchev–Trinajstić information content (AvgIpc) is 2.33. The summed E-state index contributed by atoms with van der Waals surface area (Å²) in [5.41, 5.74) is 6.50. The molecule has 0 heterocycles. The van der Waals surface area contributed by atoms with E-state index in [1.54, 1.807) is 6.07 Å². The number of nitrogens with zero attached hydrogens (tertiary/aromatic N) is 2. The van der Waals surface area contributed by atoms with Gasteiger partial charge in [0.15, 0.2) is 0 Å². The Hall–Kier alpha value is -0.970. The number of rotatable bonds is 5. The molecule has 0 aliphatic rings. The Morgan fingerprint density at radius 2 is 2.17 bits per heavy atom. The molecule has 0 fully saturated rings. The van der Waals surface area contributed by atoms with Crippen LogP contribution in [-0.4, -0.2) is 29.5 Å². The van der Waals surface area contributed by atoms with Crippen LogP contribution < -0.4 is 5.73 Å². The van der Waals surface area contributed by atoms with Crippen molar-refractivity contribution in [3.8, 4) is 0 Å². The summed E-state index contributed by atoms with van der Waals surface area (Å²) in [7, 11) is 1.94. The van der Waals surface area contributed by atoms with Gasteiger partial charge in [0, 0.05) is 19.0 Å². The van der Waals surface area contributed by atoms with Gasteiger partial charge in [-0.2, -0.15) is 0 Å². The third-order valence-corrected chi connectivity index (χ3v) is 3.54. The van der Waals surface area contributed by atoms with E-state index in [9.17, 15) is 0 Å². The van der Waals surface area contributed by atoms with Gasteiger partial charge in [-0.1, -0.05) is 47.4 Å². The van der Waals surface area contributed by atoms with Gasteiger partial charge < -0.3 is 15.8 Å². The Kier molecular flexibility index (Phi) is 5.72. The van der Waals surface area contributed by atoms with Crippen LogP contribution in [0.5, 0.6) is 0 Å². The monoisotopic (exact) mass is 289 g/mol. The zero-order valence-electron chi connectivity index (χ0n) is 10.4. The van der Waals surface area contributed by atoms with Gasteiger partial charge in [-0.15, -0.1) is 0 Å². The second-order valence-corrected chi connectivity index (χ2v) is 5.12. The summed E-state index contributed by atoms with van der Waals surface area (Å²) >= 11 is 12.1. The summed E-state index contributed by atoms with van der Waals surface area (Å²) in [6, 6.07) is 5.55. The zero-order valence-corrected chi connectivity index (χ0v) is 11.9. The molecule has 0 aliphatic carbocycles. The van der Waals surface area contributed by atoms with Crippen LogP contribution >= 0.6 is 23.2 Å². The maximum atomic E-state index is 8.59. The third kappa shape index (κ3) is 4.05. The van der Waals surface area contributed by atoms with Crippen molar-refractivity contribution in [2.24, 2.45) is 16.8 Å². The van der Waals surface area contributed by atoms with E-state index >= 15 is 0 Å². The molecule has 1 aromatic rings. The molecule has 1 unspecified atom stereocenters. The van der Waals surface area contributed by atoms with Gasteiger partial charge >= 0.3 is 0 Å². The molecule has 0 amide bonds. The number of amidine groups is 1. The average molecular weight is 290 g/mol. The highest BCUT2D eigenvalue weighted by Gasteiger charge is 2.13. The van der Waals surface area contributed by atoms with E-state index < -0.39 is 0 Å². The van der Waals surface area contributed by atoms with Gasteiger partial charge in [0.05, 0.1) is 10.0 Å². The molecule has 0 saturated carbocycles. The molecular formula is C12H17Cl2N3O. The van der Waals surface area contributed by atoms with E-state index in [1.165, 1.54) is 0 Å². The quantitative estimate of drug-likeness (QED) is 0.379. The number of hydrogen-bond donors (Lipinski definition) is 2. The van der Waals surface area contributed by atoms with Crippen molar-refractivity contribution in [1.29, 1.82) is 0 Å². The summed E-state index contributed by atoms with van der Waals surface area (Å²) in [6.45, 7) is 3.21. The van der Waals surface area contributed by atoms with E-state index in [1.807, 2.05) is 31.0 Å². The number of hydrogen-bond acceptors (Lipinski definition) is 3. The summed E-state index contributed by atoms with van der Waals surface area (Å²) < 4.78 is 0. The van der Waals surface area contributed by atoms with Crippen LogP contribution in [0.25, 0.3) is 0 Å². The molecule has 1 atom stereocenters. The molecule has 1 rings (SSSR count). The van der Waals surface area contributed by atoms with E-state index in [-0.39, 0.29) is 11.8 Å². The SMILES string of the molecule is CC(CN(C)Cc1cccc(Cl)c1Cl)/C(N)=N/O. The molecule has 4 nitrogen and oxygen atoms in total. The molecule has 100 valence electrons. The van der Waals surface area contributed by atoms with E-state index in [0.717, 1.165) is 5.56 Å². The zero-order chi connectivity index (χ0) is 13.7. The van der Waals surface area contributed by atoms with Gasteiger partial charge in [-0.3, -0.25) is 0 Å². The van der Waals surface area contributed by atoms with Crippen LogP contribution in [0.4, 0.5) is 0 Å². The van der Waals surface area contributed by atoms with Crippen LogP contribution in [0.15, 0.2) is 23.4 Å². The lowest BCUT2D eigenvalue weighted by molar-refractivity contribution is 0.290. The lowest BCUT2D eigenvalue weighted by Crippen LogP contribution is -2.32. The lowest BCUT2D eigenvalue weighted by atomic mass is 10.1. The second-order valence-electron chi connectivity index (χ2n) is 4.34. The van der Waals surface area contributed by atoms with Crippen LogP contribution in [-0.2, 0) is 6.54 Å². The van der Waals surface area contributed by atoms with Crippen molar-refractivity contribution in [3.05, 3.63) is 33.8 Å². The predicted octanol–water partition coefficient (Wildman–Crippen LogP) is 2.81. The molecule has 6 heteroatoms. The molecule has 0 bridgehead atoms. The number of oxime groups is 1. The number of benzene rings is 1. The number of halogens is 2. The predicted molar refractivity (Wildman–Crippen MR) is 75.4 cm³/mol. The molecular weight excluding hydrogens is 273 g/mol. The number of nitrogens with two attached hydrogens (primary N) is 1. The Bertz CT molecular complexity index is 437. The minimum absolute atomic E-state index is 0.0297. The Labute approximate surface area is 117 Å². The first-order chi connectivity index (χ1) is 8.45. The van der Waals surface area contributed by atoms with E-state index in [4.69, 9.17) is 34.1 Å². The minimum atomic E-state index is -0.0297.